The molecule has 0 atom stereocenters. The second-order valence-corrected chi connectivity index (χ2v) is 9.53. The van der Waals surface area contributed by atoms with Crippen LogP contribution in [0.25, 0.3) is 11.3 Å². The number of carbonyl (C=O) groups is 1. The molecule has 0 radical (unpaired) electrons. The molecular formula is C26H21N3O3S. The molecule has 4 rings (SSSR count). The van der Waals surface area contributed by atoms with Crippen LogP contribution < -0.4 is 5.73 Å². The fraction of sp³-hybridized carbons (Fsp3) is 0.0769. The average molecular weight is 456 g/mol. The zero-order valence-electron chi connectivity index (χ0n) is 18.1. The van der Waals surface area contributed by atoms with Gasteiger partial charge in [-0.2, -0.15) is 5.26 Å². The minimum Gasteiger partial charge on any atom is -0.383 e. The smallest absolute Gasteiger partial charge is 0.269 e. The van der Waals surface area contributed by atoms with Gasteiger partial charge in [0.05, 0.1) is 16.2 Å². The maximum atomic E-state index is 13.7. The number of benzene rings is 3. The minimum atomic E-state index is -4.21. The number of nitriles is 1. The van der Waals surface area contributed by atoms with Crippen molar-refractivity contribution in [2.24, 2.45) is 0 Å². The Morgan fingerprint density at radius 1 is 0.879 bits per heavy atom. The lowest BCUT2D eigenvalue weighted by Gasteiger charge is -2.14. The van der Waals surface area contributed by atoms with E-state index in [1.54, 1.807) is 54.6 Å². The van der Waals surface area contributed by atoms with Gasteiger partial charge in [0.2, 0.25) is 0 Å². The summed E-state index contributed by atoms with van der Waals surface area (Å²) in [5.74, 6) is -0.778. The molecule has 0 spiro atoms. The van der Waals surface area contributed by atoms with Crippen LogP contribution in [0.15, 0.2) is 83.8 Å². The first-order valence-electron chi connectivity index (χ1n) is 10.2. The van der Waals surface area contributed by atoms with Crippen LogP contribution >= 0.6 is 0 Å². The zero-order chi connectivity index (χ0) is 23.8. The molecule has 0 saturated carbocycles. The van der Waals surface area contributed by atoms with Crippen LogP contribution in [0.2, 0.25) is 0 Å². The number of carbonyl (C=O) groups excluding carboxylic acids is 1. The lowest BCUT2D eigenvalue weighted by Crippen LogP contribution is -2.17. The third-order valence-corrected chi connectivity index (χ3v) is 7.15. The fourth-order valence-corrected chi connectivity index (χ4v) is 5.15. The van der Waals surface area contributed by atoms with E-state index in [1.807, 2.05) is 32.0 Å². The number of hydrogen-bond donors (Lipinski definition) is 1. The van der Waals surface area contributed by atoms with Crippen LogP contribution in [-0.2, 0) is 10.0 Å². The van der Waals surface area contributed by atoms with E-state index in [9.17, 15) is 18.5 Å². The van der Waals surface area contributed by atoms with Gasteiger partial charge >= 0.3 is 0 Å². The number of hydrogen-bond acceptors (Lipinski definition) is 5. The minimum absolute atomic E-state index is 0.00589. The number of aryl methyl sites for hydroxylation is 2. The Balaban J connectivity index is 2.10. The molecule has 0 bridgehead atoms. The van der Waals surface area contributed by atoms with Crippen LogP contribution in [0, 0.1) is 25.2 Å². The molecule has 6 nitrogen and oxygen atoms in total. The molecule has 3 aromatic carbocycles. The molecule has 0 unspecified atom stereocenters. The van der Waals surface area contributed by atoms with Gasteiger partial charge in [0, 0.05) is 11.1 Å². The Morgan fingerprint density at radius 3 is 1.97 bits per heavy atom. The molecule has 164 valence electrons. The van der Waals surface area contributed by atoms with E-state index in [0.717, 1.165) is 15.1 Å². The van der Waals surface area contributed by atoms with Crippen LogP contribution in [0.3, 0.4) is 0 Å². The summed E-state index contributed by atoms with van der Waals surface area (Å²) in [6, 6.07) is 23.7. The van der Waals surface area contributed by atoms with Crippen LogP contribution in [0.1, 0.15) is 32.6 Å². The summed E-state index contributed by atoms with van der Waals surface area (Å²) in [4.78, 5) is 13.6. The summed E-state index contributed by atoms with van der Waals surface area (Å²) in [6.07, 6.45) is 0. The van der Waals surface area contributed by atoms with E-state index >= 15 is 0 Å². The molecule has 0 aliphatic carbocycles. The van der Waals surface area contributed by atoms with Crippen LogP contribution in [0.5, 0.6) is 0 Å². The second kappa shape index (κ2) is 8.41. The monoisotopic (exact) mass is 455 g/mol. The zero-order valence-corrected chi connectivity index (χ0v) is 18.9. The Morgan fingerprint density at radius 2 is 1.42 bits per heavy atom. The summed E-state index contributed by atoms with van der Waals surface area (Å²) in [6.45, 7) is 3.75. The summed E-state index contributed by atoms with van der Waals surface area (Å²) in [7, 11) is -4.21. The molecular weight excluding hydrogens is 434 g/mol. The molecule has 1 heterocycles. The van der Waals surface area contributed by atoms with Gasteiger partial charge in [0.15, 0.2) is 5.78 Å². The van der Waals surface area contributed by atoms with Crippen molar-refractivity contribution in [1.29, 1.82) is 5.26 Å². The van der Waals surface area contributed by atoms with Gasteiger partial charge in [-0.1, -0.05) is 77.9 Å². The highest BCUT2D eigenvalue weighted by Crippen LogP contribution is 2.38. The van der Waals surface area contributed by atoms with E-state index in [4.69, 9.17) is 5.73 Å². The van der Waals surface area contributed by atoms with Crippen LogP contribution in [-0.4, -0.2) is 18.2 Å². The molecule has 7 heteroatoms. The van der Waals surface area contributed by atoms with E-state index in [1.165, 1.54) is 12.1 Å². The number of aromatic nitrogens is 1. The number of anilines is 1. The molecule has 33 heavy (non-hydrogen) atoms. The van der Waals surface area contributed by atoms with Gasteiger partial charge in [-0.05, 0) is 26.0 Å². The Hall–Kier alpha value is -4.15. The first-order chi connectivity index (χ1) is 15.8. The van der Waals surface area contributed by atoms with E-state index in [-0.39, 0.29) is 27.5 Å². The van der Waals surface area contributed by atoms with Crippen molar-refractivity contribution in [3.63, 3.8) is 0 Å². The first-order valence-corrected chi connectivity index (χ1v) is 11.6. The van der Waals surface area contributed by atoms with Crippen LogP contribution in [0.4, 0.5) is 5.82 Å². The second-order valence-electron chi connectivity index (χ2n) is 7.74. The Labute approximate surface area is 192 Å². The first kappa shape index (κ1) is 22.1. The van der Waals surface area contributed by atoms with Gasteiger partial charge in [0.25, 0.3) is 10.0 Å². The Bertz CT molecular complexity index is 1490. The predicted molar refractivity (Wildman–Crippen MR) is 127 cm³/mol. The summed E-state index contributed by atoms with van der Waals surface area (Å²) in [5, 5.41) is 9.91. The standard InChI is InChI=1S/C26H21N3O3S/c1-17-8-12-19(13-9-17)24-23(25(30)20-6-4-3-5-7-20)22(16-27)26(28)29(24)33(31,32)21-14-10-18(2)11-15-21/h3-15H,28H2,1-2H3. The molecule has 1 aromatic heterocycles. The van der Waals surface area contributed by atoms with Crippen molar-refractivity contribution in [2.45, 2.75) is 18.7 Å². The summed E-state index contributed by atoms with van der Waals surface area (Å²) < 4.78 is 28.4. The number of nitrogen functional groups attached to an aromatic ring is 1. The molecule has 4 aromatic rings. The van der Waals surface area contributed by atoms with Crippen molar-refractivity contribution in [1.82, 2.24) is 3.97 Å². The van der Waals surface area contributed by atoms with Gasteiger partial charge in [-0.25, -0.2) is 12.4 Å². The van der Waals surface area contributed by atoms with Crippen molar-refractivity contribution in [3.8, 4) is 17.3 Å². The Kier molecular flexibility index (Phi) is 5.62. The quantitative estimate of drug-likeness (QED) is 0.439. The fourth-order valence-electron chi connectivity index (χ4n) is 3.68. The van der Waals surface area contributed by atoms with Crippen molar-refractivity contribution in [3.05, 3.63) is 107 Å². The third kappa shape index (κ3) is 3.81. The molecule has 0 fully saturated rings. The lowest BCUT2D eigenvalue weighted by molar-refractivity contribution is 0.103. The maximum absolute atomic E-state index is 13.7. The summed E-state index contributed by atoms with van der Waals surface area (Å²) in [5.41, 5.74) is 8.76. The van der Waals surface area contributed by atoms with E-state index in [0.29, 0.717) is 11.1 Å². The maximum Gasteiger partial charge on any atom is 0.269 e. The highest BCUT2D eigenvalue weighted by molar-refractivity contribution is 7.90. The van der Waals surface area contributed by atoms with Crippen molar-refractivity contribution < 1.29 is 13.2 Å². The van der Waals surface area contributed by atoms with Gasteiger partial charge in [-0.3, -0.25) is 4.79 Å². The normalized spacial score (nSPS) is 11.2. The number of ketones is 1. The van der Waals surface area contributed by atoms with Gasteiger partial charge in [-0.15, -0.1) is 0 Å². The molecule has 0 saturated heterocycles. The van der Waals surface area contributed by atoms with Crippen molar-refractivity contribution >= 4 is 21.6 Å². The highest BCUT2D eigenvalue weighted by atomic mass is 32.2. The predicted octanol–water partition coefficient (Wildman–Crippen LogP) is 4.69. The van der Waals surface area contributed by atoms with Gasteiger partial charge in [0.1, 0.15) is 17.5 Å². The molecule has 0 amide bonds. The van der Waals surface area contributed by atoms with E-state index in [2.05, 4.69) is 0 Å². The number of nitrogens with zero attached hydrogens (tertiary/aromatic N) is 2. The third-order valence-electron chi connectivity index (χ3n) is 5.42. The summed E-state index contributed by atoms with van der Waals surface area (Å²) >= 11 is 0. The largest absolute Gasteiger partial charge is 0.383 e. The van der Waals surface area contributed by atoms with E-state index < -0.39 is 15.8 Å². The topological polar surface area (TPSA) is 106 Å². The number of nitrogens with two attached hydrogens (primary N) is 1. The van der Waals surface area contributed by atoms with Crippen molar-refractivity contribution in [2.75, 3.05) is 5.73 Å². The lowest BCUT2D eigenvalue weighted by atomic mass is 9.96. The molecule has 2 N–H and O–H groups in total. The molecule has 0 aliphatic rings. The highest BCUT2D eigenvalue weighted by Gasteiger charge is 2.33. The SMILES string of the molecule is Cc1ccc(-c2c(C(=O)c3ccccc3)c(C#N)c(N)n2S(=O)(=O)c2ccc(C)cc2)cc1. The number of rotatable bonds is 5. The van der Waals surface area contributed by atoms with Gasteiger partial charge < -0.3 is 5.73 Å². The average Bonchev–Trinajstić information content (AvgIpc) is 3.12. The molecule has 0 aliphatic heterocycles.